The van der Waals surface area contributed by atoms with E-state index in [1.54, 1.807) is 12.1 Å². The fourth-order valence-corrected chi connectivity index (χ4v) is 1.06. The molecule has 16 heavy (non-hydrogen) atoms. The molecule has 0 unspecified atom stereocenters. The Hall–Kier alpha value is -2.75. The standard InChI is InChI=1S/C9H5N5O2/c10-3-6-1-2-7(11-4-6)14-5-12-8(13-14)9(15)16/h1-2,4-5H,(H,15,16). The number of nitrogens with zero attached hydrogens (tertiary/aromatic N) is 5. The highest BCUT2D eigenvalue weighted by Crippen LogP contribution is 2.03. The Bertz CT molecular complexity index is 566. The highest BCUT2D eigenvalue weighted by atomic mass is 16.4. The number of carbonyl (C=O) groups is 1. The molecule has 0 atom stereocenters. The van der Waals surface area contributed by atoms with Crippen LogP contribution in [0, 0.1) is 11.3 Å². The van der Waals surface area contributed by atoms with Crippen LogP contribution in [0.15, 0.2) is 24.7 Å². The van der Waals surface area contributed by atoms with Crippen LogP contribution in [-0.2, 0) is 0 Å². The van der Waals surface area contributed by atoms with Gasteiger partial charge in [0.2, 0.25) is 0 Å². The molecule has 0 saturated carbocycles. The summed E-state index contributed by atoms with van der Waals surface area (Å²) >= 11 is 0. The van der Waals surface area contributed by atoms with E-state index in [4.69, 9.17) is 10.4 Å². The second-order valence-corrected chi connectivity index (χ2v) is 2.83. The van der Waals surface area contributed by atoms with Crippen LogP contribution in [0.2, 0.25) is 0 Å². The molecule has 2 rings (SSSR count). The van der Waals surface area contributed by atoms with Gasteiger partial charge in [-0.3, -0.25) is 0 Å². The van der Waals surface area contributed by atoms with E-state index in [0.717, 1.165) is 0 Å². The van der Waals surface area contributed by atoms with E-state index in [9.17, 15) is 4.79 Å². The molecule has 2 aromatic heterocycles. The number of aromatic nitrogens is 4. The van der Waals surface area contributed by atoms with Crippen molar-refractivity contribution in [3.05, 3.63) is 36.0 Å². The van der Waals surface area contributed by atoms with E-state index < -0.39 is 5.97 Å². The number of carboxylic acids is 1. The number of hydrogen-bond donors (Lipinski definition) is 1. The molecular weight excluding hydrogens is 210 g/mol. The number of pyridine rings is 1. The SMILES string of the molecule is N#Cc1ccc(-n2cnc(C(=O)O)n2)nc1. The lowest BCUT2D eigenvalue weighted by Crippen LogP contribution is -2.02. The van der Waals surface area contributed by atoms with Crippen LogP contribution in [0.1, 0.15) is 16.2 Å². The predicted molar refractivity (Wildman–Crippen MR) is 50.8 cm³/mol. The Balaban J connectivity index is 2.36. The van der Waals surface area contributed by atoms with E-state index in [0.29, 0.717) is 11.4 Å². The minimum absolute atomic E-state index is 0.300. The molecule has 0 fully saturated rings. The smallest absolute Gasteiger partial charge is 0.375 e. The topological polar surface area (TPSA) is 105 Å². The van der Waals surface area contributed by atoms with E-state index in [-0.39, 0.29) is 5.82 Å². The van der Waals surface area contributed by atoms with Gasteiger partial charge in [0.1, 0.15) is 12.4 Å². The fraction of sp³-hybridized carbons (Fsp3) is 0. The zero-order valence-electron chi connectivity index (χ0n) is 7.90. The van der Waals surface area contributed by atoms with Crippen LogP contribution in [0.3, 0.4) is 0 Å². The van der Waals surface area contributed by atoms with Gasteiger partial charge < -0.3 is 5.11 Å². The largest absolute Gasteiger partial charge is 0.475 e. The lowest BCUT2D eigenvalue weighted by Gasteiger charge is -1.97. The summed E-state index contributed by atoms with van der Waals surface area (Å²) in [5, 5.41) is 20.9. The number of carboxylic acid groups (broad SMARTS) is 1. The summed E-state index contributed by atoms with van der Waals surface area (Å²) in [5.74, 6) is -1.10. The highest BCUT2D eigenvalue weighted by Gasteiger charge is 2.09. The molecule has 0 aliphatic heterocycles. The van der Waals surface area contributed by atoms with Crippen molar-refractivity contribution in [2.24, 2.45) is 0 Å². The average Bonchev–Trinajstić information content (AvgIpc) is 2.78. The van der Waals surface area contributed by atoms with Gasteiger partial charge in [-0.05, 0) is 12.1 Å². The Kier molecular flexibility index (Phi) is 2.31. The van der Waals surface area contributed by atoms with Crippen LogP contribution in [0.5, 0.6) is 0 Å². The van der Waals surface area contributed by atoms with Crippen molar-refractivity contribution in [2.45, 2.75) is 0 Å². The Morgan fingerprint density at radius 2 is 2.25 bits per heavy atom. The minimum Gasteiger partial charge on any atom is -0.475 e. The highest BCUT2D eigenvalue weighted by molar-refractivity contribution is 5.82. The summed E-state index contributed by atoms with van der Waals surface area (Å²) in [7, 11) is 0. The summed E-state index contributed by atoms with van der Waals surface area (Å²) in [5.41, 5.74) is 0.419. The third-order valence-corrected chi connectivity index (χ3v) is 1.79. The van der Waals surface area contributed by atoms with Crippen molar-refractivity contribution in [3.63, 3.8) is 0 Å². The van der Waals surface area contributed by atoms with Gasteiger partial charge in [-0.1, -0.05) is 0 Å². The van der Waals surface area contributed by atoms with E-state index in [2.05, 4.69) is 15.1 Å². The fourth-order valence-electron chi connectivity index (χ4n) is 1.06. The van der Waals surface area contributed by atoms with Crippen LogP contribution in [0.4, 0.5) is 0 Å². The summed E-state index contributed by atoms with van der Waals surface area (Å²) in [6.45, 7) is 0. The van der Waals surface area contributed by atoms with Gasteiger partial charge in [-0.15, -0.1) is 5.10 Å². The number of aromatic carboxylic acids is 1. The van der Waals surface area contributed by atoms with E-state index in [1.165, 1.54) is 17.2 Å². The lowest BCUT2D eigenvalue weighted by molar-refractivity contribution is 0.0683. The third kappa shape index (κ3) is 1.72. The molecule has 1 N–H and O–H groups in total. The summed E-state index contributed by atoms with van der Waals surface area (Å²) in [6, 6.07) is 5.04. The van der Waals surface area contributed by atoms with Crippen molar-refractivity contribution in [1.82, 2.24) is 19.7 Å². The quantitative estimate of drug-likeness (QED) is 0.768. The first-order valence-electron chi connectivity index (χ1n) is 4.22. The monoisotopic (exact) mass is 215 g/mol. The maximum Gasteiger partial charge on any atom is 0.375 e. The molecule has 7 nitrogen and oxygen atoms in total. The predicted octanol–water partition coefficient (Wildman–Crippen LogP) is 0.232. The van der Waals surface area contributed by atoms with Gasteiger partial charge in [0, 0.05) is 6.20 Å². The molecule has 0 saturated heterocycles. The first-order valence-corrected chi connectivity index (χ1v) is 4.22. The summed E-state index contributed by atoms with van der Waals surface area (Å²) in [6.07, 6.45) is 2.62. The molecule has 0 aromatic carbocycles. The normalized spacial score (nSPS) is 9.69. The molecule has 0 amide bonds. The second kappa shape index (κ2) is 3.78. The first kappa shape index (κ1) is 9.79. The van der Waals surface area contributed by atoms with Crippen molar-refractivity contribution in [3.8, 4) is 11.9 Å². The molecule has 78 valence electrons. The Morgan fingerprint density at radius 3 is 2.75 bits per heavy atom. The zero-order valence-corrected chi connectivity index (χ0v) is 7.90. The van der Waals surface area contributed by atoms with E-state index >= 15 is 0 Å². The molecule has 0 bridgehead atoms. The Morgan fingerprint density at radius 1 is 1.44 bits per heavy atom. The van der Waals surface area contributed by atoms with Gasteiger partial charge in [-0.2, -0.15) is 5.26 Å². The molecule has 0 radical (unpaired) electrons. The molecule has 0 spiro atoms. The first-order chi connectivity index (χ1) is 7.70. The number of nitriles is 1. The molecule has 7 heteroatoms. The maximum absolute atomic E-state index is 10.5. The minimum atomic E-state index is -1.20. The molecule has 0 aliphatic carbocycles. The molecule has 2 heterocycles. The zero-order chi connectivity index (χ0) is 11.5. The maximum atomic E-state index is 10.5. The van der Waals surface area contributed by atoms with Gasteiger partial charge in [0.25, 0.3) is 5.82 Å². The van der Waals surface area contributed by atoms with Crippen LogP contribution in [0.25, 0.3) is 5.82 Å². The van der Waals surface area contributed by atoms with E-state index in [1.807, 2.05) is 6.07 Å². The Labute approximate surface area is 89.6 Å². The van der Waals surface area contributed by atoms with Gasteiger partial charge >= 0.3 is 5.97 Å². The summed E-state index contributed by atoms with van der Waals surface area (Å²) in [4.78, 5) is 18.1. The lowest BCUT2D eigenvalue weighted by atomic mass is 10.3. The van der Waals surface area contributed by atoms with Crippen molar-refractivity contribution < 1.29 is 9.90 Å². The van der Waals surface area contributed by atoms with Gasteiger partial charge in [0.15, 0.2) is 5.82 Å². The van der Waals surface area contributed by atoms with Crippen LogP contribution >= 0.6 is 0 Å². The number of rotatable bonds is 2. The van der Waals surface area contributed by atoms with Crippen LogP contribution < -0.4 is 0 Å². The van der Waals surface area contributed by atoms with Gasteiger partial charge in [0.05, 0.1) is 5.56 Å². The summed E-state index contributed by atoms with van der Waals surface area (Å²) < 4.78 is 1.23. The van der Waals surface area contributed by atoms with Crippen molar-refractivity contribution in [1.29, 1.82) is 5.26 Å². The molecule has 2 aromatic rings. The average molecular weight is 215 g/mol. The van der Waals surface area contributed by atoms with Crippen LogP contribution in [-0.4, -0.2) is 30.8 Å². The second-order valence-electron chi connectivity index (χ2n) is 2.83. The van der Waals surface area contributed by atoms with Crippen molar-refractivity contribution in [2.75, 3.05) is 0 Å². The third-order valence-electron chi connectivity index (χ3n) is 1.79. The molecule has 0 aliphatic rings. The number of hydrogen-bond acceptors (Lipinski definition) is 5. The molecular formula is C9H5N5O2. The van der Waals surface area contributed by atoms with Crippen molar-refractivity contribution >= 4 is 5.97 Å². The van der Waals surface area contributed by atoms with Gasteiger partial charge in [-0.25, -0.2) is 19.4 Å².